The fourth-order valence-corrected chi connectivity index (χ4v) is 1.82. The van der Waals surface area contributed by atoms with E-state index in [4.69, 9.17) is 4.74 Å². The molecule has 1 heterocycles. The topological polar surface area (TPSA) is 47.0 Å². The summed E-state index contributed by atoms with van der Waals surface area (Å²) < 4.78 is 5.43. The molecule has 18 heavy (non-hydrogen) atoms. The predicted octanol–water partition coefficient (Wildman–Crippen LogP) is 2.17. The van der Waals surface area contributed by atoms with E-state index in [0.29, 0.717) is 6.04 Å². The maximum Gasteiger partial charge on any atom is 0.159 e. The van der Waals surface area contributed by atoms with Crippen molar-refractivity contribution in [2.24, 2.45) is 0 Å². The van der Waals surface area contributed by atoms with E-state index in [1.165, 1.54) is 18.4 Å². The van der Waals surface area contributed by atoms with Gasteiger partial charge in [0.15, 0.2) is 5.82 Å². The summed E-state index contributed by atoms with van der Waals surface area (Å²) in [6.45, 7) is 6.99. The first-order valence-electron chi connectivity index (χ1n) is 6.70. The van der Waals surface area contributed by atoms with Crippen LogP contribution in [0.3, 0.4) is 0 Å². The highest BCUT2D eigenvalue weighted by Gasteiger charge is 2.24. The molecule has 0 spiro atoms. The molecule has 1 aromatic heterocycles. The number of aromatic nitrogens is 2. The second kappa shape index (κ2) is 5.33. The maximum absolute atomic E-state index is 5.43. The van der Waals surface area contributed by atoms with E-state index in [1.54, 1.807) is 7.11 Å². The van der Waals surface area contributed by atoms with E-state index in [9.17, 15) is 0 Å². The summed E-state index contributed by atoms with van der Waals surface area (Å²) in [4.78, 5) is 9.11. The molecule has 1 saturated carbocycles. The van der Waals surface area contributed by atoms with Gasteiger partial charge >= 0.3 is 0 Å². The summed E-state index contributed by atoms with van der Waals surface area (Å²) in [5.41, 5.74) is 1.91. The third-order valence-electron chi connectivity index (χ3n) is 3.50. The Balaban J connectivity index is 2.16. The van der Waals surface area contributed by atoms with Crippen LogP contribution >= 0.6 is 0 Å². The highest BCUT2D eigenvalue weighted by molar-refractivity contribution is 5.19. The number of hydrogen-bond acceptors (Lipinski definition) is 4. The van der Waals surface area contributed by atoms with Gasteiger partial charge in [-0.2, -0.15) is 0 Å². The van der Waals surface area contributed by atoms with E-state index < -0.39 is 5.60 Å². The normalized spacial score (nSPS) is 16.0. The smallest absolute Gasteiger partial charge is 0.159 e. The lowest BCUT2D eigenvalue weighted by Crippen LogP contribution is -2.25. The number of nitrogens with zero attached hydrogens (tertiary/aromatic N) is 2. The van der Waals surface area contributed by atoms with Crippen molar-refractivity contribution in [3.05, 3.63) is 23.3 Å². The van der Waals surface area contributed by atoms with Crippen molar-refractivity contribution in [1.29, 1.82) is 0 Å². The number of methoxy groups -OCH3 is 1. The van der Waals surface area contributed by atoms with Gasteiger partial charge in [0, 0.05) is 37.2 Å². The summed E-state index contributed by atoms with van der Waals surface area (Å²) >= 11 is 0. The summed E-state index contributed by atoms with van der Waals surface area (Å²) in [6.07, 6.45) is 5.47. The molecule has 0 aliphatic heterocycles. The van der Waals surface area contributed by atoms with Crippen LogP contribution in [-0.2, 0) is 23.3 Å². The van der Waals surface area contributed by atoms with Gasteiger partial charge in [-0.15, -0.1) is 0 Å². The van der Waals surface area contributed by atoms with E-state index in [-0.39, 0.29) is 0 Å². The monoisotopic (exact) mass is 249 g/mol. The van der Waals surface area contributed by atoms with Gasteiger partial charge in [-0.3, -0.25) is 0 Å². The Kier molecular flexibility index (Phi) is 3.97. The Morgan fingerprint density at radius 3 is 2.72 bits per heavy atom. The van der Waals surface area contributed by atoms with E-state index in [0.717, 1.165) is 24.5 Å². The second-order valence-electron chi connectivity index (χ2n) is 5.39. The van der Waals surface area contributed by atoms with Gasteiger partial charge in [0.05, 0.1) is 0 Å². The SMILES string of the molecule is CCc1nc(C(C)(C)OC)ncc1CNC1CC1. The van der Waals surface area contributed by atoms with Crippen LogP contribution in [0.4, 0.5) is 0 Å². The van der Waals surface area contributed by atoms with Crippen molar-refractivity contribution in [2.45, 2.75) is 58.2 Å². The standard InChI is InChI=1S/C14H23N3O/c1-5-12-10(8-15-11-6-7-11)9-16-13(17-12)14(2,3)18-4/h9,11,15H,5-8H2,1-4H3. The van der Waals surface area contributed by atoms with Gasteiger partial charge in [-0.05, 0) is 33.1 Å². The molecule has 0 unspecified atom stereocenters. The molecule has 0 amide bonds. The minimum absolute atomic E-state index is 0.424. The van der Waals surface area contributed by atoms with Crippen molar-refractivity contribution in [3.63, 3.8) is 0 Å². The third-order valence-corrected chi connectivity index (χ3v) is 3.50. The molecule has 4 heteroatoms. The van der Waals surface area contributed by atoms with Crippen LogP contribution in [0.5, 0.6) is 0 Å². The molecule has 100 valence electrons. The van der Waals surface area contributed by atoms with Gasteiger partial charge in [0.1, 0.15) is 5.60 Å². The van der Waals surface area contributed by atoms with Crippen molar-refractivity contribution >= 4 is 0 Å². The Hall–Kier alpha value is -1.00. The van der Waals surface area contributed by atoms with Crippen molar-refractivity contribution in [2.75, 3.05) is 7.11 Å². The third kappa shape index (κ3) is 3.06. The van der Waals surface area contributed by atoms with Crippen LogP contribution < -0.4 is 5.32 Å². The second-order valence-corrected chi connectivity index (χ2v) is 5.39. The number of aryl methyl sites for hydroxylation is 1. The van der Waals surface area contributed by atoms with Crippen LogP contribution in [0.25, 0.3) is 0 Å². The van der Waals surface area contributed by atoms with Crippen molar-refractivity contribution < 1.29 is 4.74 Å². The highest BCUT2D eigenvalue weighted by Crippen LogP contribution is 2.22. The summed E-state index contributed by atoms with van der Waals surface area (Å²) in [5, 5.41) is 3.51. The lowest BCUT2D eigenvalue weighted by atomic mass is 10.1. The van der Waals surface area contributed by atoms with E-state index >= 15 is 0 Å². The maximum atomic E-state index is 5.43. The molecule has 1 N–H and O–H groups in total. The molecule has 4 nitrogen and oxygen atoms in total. The van der Waals surface area contributed by atoms with E-state index in [1.807, 2.05) is 20.0 Å². The molecule has 0 bridgehead atoms. The minimum atomic E-state index is -0.424. The van der Waals surface area contributed by atoms with Gasteiger partial charge < -0.3 is 10.1 Å². The summed E-state index contributed by atoms with van der Waals surface area (Å²) in [5.74, 6) is 0.761. The highest BCUT2D eigenvalue weighted by atomic mass is 16.5. The zero-order valence-electron chi connectivity index (χ0n) is 11.8. The first-order chi connectivity index (χ1) is 8.56. The first kappa shape index (κ1) is 13.4. The summed E-state index contributed by atoms with van der Waals surface area (Å²) in [7, 11) is 1.69. The van der Waals surface area contributed by atoms with Crippen LogP contribution in [0.2, 0.25) is 0 Å². The molecular formula is C14H23N3O. The number of rotatable bonds is 6. The Morgan fingerprint density at radius 1 is 1.44 bits per heavy atom. The Labute approximate surface area is 109 Å². The number of hydrogen-bond donors (Lipinski definition) is 1. The first-order valence-corrected chi connectivity index (χ1v) is 6.70. The molecule has 0 atom stereocenters. The predicted molar refractivity (Wildman–Crippen MR) is 71.3 cm³/mol. The largest absolute Gasteiger partial charge is 0.371 e. The summed E-state index contributed by atoms with van der Waals surface area (Å²) in [6, 6.07) is 0.713. The average Bonchev–Trinajstić information content (AvgIpc) is 3.20. The molecule has 1 aromatic rings. The van der Waals surface area contributed by atoms with Gasteiger partial charge in [-0.25, -0.2) is 9.97 Å². The van der Waals surface area contributed by atoms with E-state index in [2.05, 4.69) is 22.2 Å². The number of ether oxygens (including phenoxy) is 1. The lowest BCUT2D eigenvalue weighted by molar-refractivity contribution is 0.0112. The van der Waals surface area contributed by atoms with Gasteiger partial charge in [0.2, 0.25) is 0 Å². The molecule has 0 radical (unpaired) electrons. The fraction of sp³-hybridized carbons (Fsp3) is 0.714. The molecule has 0 aromatic carbocycles. The zero-order valence-corrected chi connectivity index (χ0v) is 11.8. The number of nitrogens with one attached hydrogen (secondary N) is 1. The van der Waals surface area contributed by atoms with Crippen LogP contribution in [0, 0.1) is 0 Å². The Morgan fingerprint density at radius 2 is 2.17 bits per heavy atom. The lowest BCUT2D eigenvalue weighted by Gasteiger charge is -2.22. The quantitative estimate of drug-likeness (QED) is 0.839. The van der Waals surface area contributed by atoms with Crippen molar-refractivity contribution in [1.82, 2.24) is 15.3 Å². The molecule has 1 aliphatic carbocycles. The molecule has 1 fully saturated rings. The van der Waals surface area contributed by atoms with Crippen LogP contribution in [0.15, 0.2) is 6.20 Å². The van der Waals surface area contributed by atoms with Gasteiger partial charge in [-0.1, -0.05) is 6.92 Å². The molecule has 1 aliphatic rings. The fourth-order valence-electron chi connectivity index (χ4n) is 1.82. The van der Waals surface area contributed by atoms with Gasteiger partial charge in [0.25, 0.3) is 0 Å². The van der Waals surface area contributed by atoms with Crippen LogP contribution in [0.1, 0.15) is 50.7 Å². The minimum Gasteiger partial charge on any atom is -0.371 e. The zero-order chi connectivity index (χ0) is 13.2. The van der Waals surface area contributed by atoms with Crippen LogP contribution in [-0.4, -0.2) is 23.1 Å². The Bertz CT molecular complexity index is 414. The van der Waals surface area contributed by atoms with Crippen molar-refractivity contribution in [3.8, 4) is 0 Å². The average molecular weight is 249 g/mol. The molecule has 0 saturated heterocycles. The molecule has 2 rings (SSSR count). The molecular weight excluding hydrogens is 226 g/mol.